The van der Waals surface area contributed by atoms with Crippen LogP contribution < -0.4 is 26.4 Å². The molecule has 5 rings (SSSR count). The Morgan fingerprint density at radius 3 is 2.31 bits per heavy atom. The van der Waals surface area contributed by atoms with E-state index in [2.05, 4.69) is 42.2 Å². The Balaban J connectivity index is 1.31. The largest absolute Gasteiger partial charge is 0.368 e. The van der Waals surface area contributed by atoms with Gasteiger partial charge in [0.05, 0.1) is 5.69 Å². The summed E-state index contributed by atoms with van der Waals surface area (Å²) in [6.45, 7) is 3.11. The van der Waals surface area contributed by atoms with Crippen LogP contribution in [-0.4, -0.2) is 51.6 Å². The number of hydrogen-bond acceptors (Lipinski definition) is 7. The maximum Gasteiger partial charge on any atom is 0.333 e. The number of hydrogen-bond donors (Lipinski definition) is 2. The van der Waals surface area contributed by atoms with Crippen molar-refractivity contribution in [3.05, 3.63) is 105 Å². The molecule has 1 aliphatic rings. The van der Waals surface area contributed by atoms with Gasteiger partial charge >= 0.3 is 5.69 Å². The number of benzene rings is 2. The summed E-state index contributed by atoms with van der Waals surface area (Å²) in [5, 5.41) is 2.60. The highest BCUT2D eigenvalue weighted by Gasteiger charge is 2.20. The van der Waals surface area contributed by atoms with Crippen LogP contribution in [0.3, 0.4) is 0 Å². The third-order valence-corrected chi connectivity index (χ3v) is 5.93. The van der Waals surface area contributed by atoms with E-state index in [1.54, 1.807) is 6.07 Å². The maximum absolute atomic E-state index is 13.3. The molecule has 1 amide bonds. The molecule has 1 aliphatic heterocycles. The fraction of sp³-hybridized carbons (Fsp3) is 0.160. The van der Waals surface area contributed by atoms with Crippen LogP contribution in [0.25, 0.3) is 5.69 Å². The molecule has 10 nitrogen and oxygen atoms in total. The van der Waals surface area contributed by atoms with Crippen molar-refractivity contribution in [2.24, 2.45) is 0 Å². The molecule has 2 N–H and O–H groups in total. The Bertz CT molecular complexity index is 1490. The van der Waals surface area contributed by atoms with E-state index in [0.29, 0.717) is 5.82 Å². The highest BCUT2D eigenvalue weighted by Crippen LogP contribution is 2.20. The number of aromatic nitrogens is 4. The molecule has 2 aromatic carbocycles. The zero-order chi connectivity index (χ0) is 25.1. The van der Waals surface area contributed by atoms with Gasteiger partial charge in [0.25, 0.3) is 11.5 Å². The van der Waals surface area contributed by atoms with E-state index in [1.165, 1.54) is 24.1 Å². The minimum atomic E-state index is -0.839. The van der Waals surface area contributed by atoms with Crippen LogP contribution in [0, 0.1) is 5.82 Å². The first kappa shape index (κ1) is 23.0. The summed E-state index contributed by atoms with van der Waals surface area (Å²) in [6.07, 6.45) is 2.39. The molecule has 0 radical (unpaired) electrons. The number of halogens is 1. The van der Waals surface area contributed by atoms with E-state index in [9.17, 15) is 18.8 Å². The highest BCUT2D eigenvalue weighted by atomic mass is 19.1. The van der Waals surface area contributed by atoms with E-state index < -0.39 is 23.0 Å². The molecule has 4 aromatic rings. The van der Waals surface area contributed by atoms with Gasteiger partial charge in [-0.05, 0) is 36.4 Å². The monoisotopic (exact) mass is 487 g/mol. The van der Waals surface area contributed by atoms with Crippen LogP contribution in [0.1, 0.15) is 10.4 Å². The molecule has 1 fully saturated rings. The quantitative estimate of drug-likeness (QED) is 0.443. The minimum Gasteiger partial charge on any atom is -0.368 e. The number of aromatic amines is 1. The van der Waals surface area contributed by atoms with Crippen molar-refractivity contribution in [3.63, 3.8) is 0 Å². The van der Waals surface area contributed by atoms with Gasteiger partial charge in [-0.2, -0.15) is 0 Å². The zero-order valence-corrected chi connectivity index (χ0v) is 19.1. The highest BCUT2D eigenvalue weighted by molar-refractivity contribution is 6.03. The van der Waals surface area contributed by atoms with Crippen LogP contribution in [0.4, 0.5) is 21.7 Å². The molecule has 0 atom stereocenters. The number of H-pyrrole nitrogens is 1. The third kappa shape index (κ3) is 4.71. The maximum atomic E-state index is 13.3. The number of carbonyl (C=O) groups excluding carboxylic acids is 1. The molecule has 11 heteroatoms. The normalized spacial score (nSPS) is 13.5. The summed E-state index contributed by atoms with van der Waals surface area (Å²) < 4.78 is 14.0. The summed E-state index contributed by atoms with van der Waals surface area (Å²) in [5.41, 5.74) is -0.580. The van der Waals surface area contributed by atoms with Crippen molar-refractivity contribution in [1.29, 1.82) is 0 Å². The van der Waals surface area contributed by atoms with Gasteiger partial charge in [-0.25, -0.2) is 23.7 Å². The third-order valence-electron chi connectivity index (χ3n) is 5.93. The van der Waals surface area contributed by atoms with Crippen LogP contribution in [0.5, 0.6) is 0 Å². The molecule has 0 saturated carbocycles. The predicted molar refractivity (Wildman–Crippen MR) is 133 cm³/mol. The number of nitrogens with zero attached hydrogens (tertiary/aromatic N) is 5. The summed E-state index contributed by atoms with van der Waals surface area (Å²) in [6, 6.07) is 16.6. The second kappa shape index (κ2) is 9.82. The van der Waals surface area contributed by atoms with Crippen LogP contribution >= 0.6 is 0 Å². The molecular weight excluding hydrogens is 465 g/mol. The fourth-order valence-corrected chi connectivity index (χ4v) is 4.06. The number of rotatable bonds is 5. The average molecular weight is 487 g/mol. The molecule has 0 aliphatic carbocycles. The molecular formula is C25H22FN7O3. The van der Waals surface area contributed by atoms with Gasteiger partial charge in [0.15, 0.2) is 0 Å². The Morgan fingerprint density at radius 1 is 0.889 bits per heavy atom. The topological polar surface area (TPSA) is 116 Å². The Morgan fingerprint density at radius 2 is 1.58 bits per heavy atom. The van der Waals surface area contributed by atoms with Crippen molar-refractivity contribution >= 4 is 23.2 Å². The van der Waals surface area contributed by atoms with Crippen molar-refractivity contribution in [2.45, 2.75) is 0 Å². The fourth-order valence-electron chi connectivity index (χ4n) is 4.06. The van der Waals surface area contributed by atoms with Gasteiger partial charge in [0.1, 0.15) is 29.3 Å². The number of para-hydroxylation sites is 1. The molecule has 1 saturated heterocycles. The molecule has 36 heavy (non-hydrogen) atoms. The second-order valence-electron chi connectivity index (χ2n) is 8.15. The second-order valence-corrected chi connectivity index (χ2v) is 8.15. The van der Waals surface area contributed by atoms with Crippen LogP contribution in [0.2, 0.25) is 0 Å². The number of amides is 1. The van der Waals surface area contributed by atoms with Gasteiger partial charge < -0.3 is 20.1 Å². The number of carbonyl (C=O) groups is 1. The molecule has 0 unspecified atom stereocenters. The zero-order valence-electron chi connectivity index (χ0n) is 19.1. The first-order valence-electron chi connectivity index (χ1n) is 11.3. The lowest BCUT2D eigenvalue weighted by Gasteiger charge is -2.36. The van der Waals surface area contributed by atoms with Gasteiger partial charge in [-0.15, -0.1) is 0 Å². The summed E-state index contributed by atoms with van der Waals surface area (Å²) in [7, 11) is 0. The summed E-state index contributed by atoms with van der Waals surface area (Å²) in [5.74, 6) is -0.392. The summed E-state index contributed by atoms with van der Waals surface area (Å²) in [4.78, 5) is 53.2. The summed E-state index contributed by atoms with van der Waals surface area (Å²) >= 11 is 0. The lowest BCUT2D eigenvalue weighted by Crippen LogP contribution is -2.46. The molecule has 0 spiro atoms. The van der Waals surface area contributed by atoms with Crippen molar-refractivity contribution < 1.29 is 9.18 Å². The SMILES string of the molecule is O=C(Nc1cc(N2CCN(c3ccccc3)CC2)ncn1)c1c[nH]c(=O)n(-c2ccc(F)cc2)c1=O. The Labute approximate surface area is 204 Å². The number of piperazine rings is 1. The number of anilines is 3. The van der Waals surface area contributed by atoms with Crippen molar-refractivity contribution in [3.8, 4) is 5.69 Å². The number of nitrogens with one attached hydrogen (secondary N) is 2. The first-order chi connectivity index (χ1) is 17.5. The predicted octanol–water partition coefficient (Wildman–Crippen LogP) is 2.03. The van der Waals surface area contributed by atoms with Gasteiger partial charge in [-0.1, -0.05) is 18.2 Å². The smallest absolute Gasteiger partial charge is 0.333 e. The Hall–Kier alpha value is -4.80. The van der Waals surface area contributed by atoms with Gasteiger partial charge in [0, 0.05) is 44.1 Å². The lowest BCUT2D eigenvalue weighted by molar-refractivity contribution is 0.102. The van der Waals surface area contributed by atoms with E-state index in [0.717, 1.165) is 49.1 Å². The molecule has 182 valence electrons. The molecule has 2 aromatic heterocycles. The lowest BCUT2D eigenvalue weighted by atomic mass is 10.2. The minimum absolute atomic E-state index is 0.135. The van der Waals surface area contributed by atoms with Crippen LogP contribution in [0.15, 0.2) is 82.8 Å². The van der Waals surface area contributed by atoms with Crippen molar-refractivity contribution in [2.75, 3.05) is 41.3 Å². The van der Waals surface area contributed by atoms with Gasteiger partial charge in [0.2, 0.25) is 0 Å². The van der Waals surface area contributed by atoms with E-state index in [4.69, 9.17) is 0 Å². The van der Waals surface area contributed by atoms with E-state index >= 15 is 0 Å². The van der Waals surface area contributed by atoms with Crippen LogP contribution in [-0.2, 0) is 0 Å². The van der Waals surface area contributed by atoms with Gasteiger partial charge in [-0.3, -0.25) is 9.59 Å². The first-order valence-corrected chi connectivity index (χ1v) is 11.3. The van der Waals surface area contributed by atoms with E-state index in [1.807, 2.05) is 18.2 Å². The standard InChI is InChI=1S/C25H22FN7O3/c26-17-6-8-19(9-7-17)33-24(35)20(15-27-25(33)36)23(34)30-21-14-22(29-16-28-21)32-12-10-31(11-13-32)18-4-2-1-3-5-18/h1-9,14-16H,10-13H2,(H,27,36)(H,28,29,30,34). The van der Waals surface area contributed by atoms with Crippen molar-refractivity contribution in [1.82, 2.24) is 19.5 Å². The average Bonchev–Trinajstić information content (AvgIpc) is 2.90. The van der Waals surface area contributed by atoms with E-state index in [-0.39, 0.29) is 17.1 Å². The molecule has 3 heterocycles. The molecule has 0 bridgehead atoms. The Kier molecular flexibility index (Phi) is 6.27.